The number of hydrogen-bond donors (Lipinski definition) is 1. The molecule has 0 fully saturated rings. The Morgan fingerprint density at radius 1 is 2.25 bits per heavy atom. The minimum Gasteiger partial charge on any atom is -0.394 e. The SMILES string of the molecule is [2H]C([2H])([2H])C(C)O. The zero-order chi connectivity index (χ0) is 6.08. The van der Waals surface area contributed by atoms with Crippen LogP contribution < -0.4 is 0 Å². The van der Waals surface area contributed by atoms with E-state index in [1.165, 1.54) is 6.92 Å². The molecule has 1 N–H and O–H groups in total. The van der Waals surface area contributed by atoms with Crippen LogP contribution in [0, 0.1) is 0 Å². The van der Waals surface area contributed by atoms with Crippen LogP contribution >= 0.6 is 0 Å². The van der Waals surface area contributed by atoms with Crippen molar-refractivity contribution in [3.05, 3.63) is 0 Å². The van der Waals surface area contributed by atoms with Crippen molar-refractivity contribution in [1.82, 2.24) is 0 Å². The fourth-order valence-corrected chi connectivity index (χ4v) is 0. The van der Waals surface area contributed by atoms with E-state index >= 15 is 0 Å². The van der Waals surface area contributed by atoms with E-state index in [2.05, 4.69) is 0 Å². The van der Waals surface area contributed by atoms with E-state index in [0.29, 0.717) is 0 Å². The molecule has 1 unspecified atom stereocenters. The molecular formula is C3H8O. The molecule has 0 radical (unpaired) electrons. The molecule has 0 rings (SSSR count). The van der Waals surface area contributed by atoms with Gasteiger partial charge in [-0.05, 0) is 13.8 Å². The van der Waals surface area contributed by atoms with Crippen molar-refractivity contribution in [3.8, 4) is 0 Å². The Morgan fingerprint density at radius 2 is 2.50 bits per heavy atom. The second-order valence-corrected chi connectivity index (χ2v) is 0.676. The van der Waals surface area contributed by atoms with E-state index in [1.807, 2.05) is 0 Å². The van der Waals surface area contributed by atoms with E-state index in [-0.39, 0.29) is 0 Å². The molecule has 26 valence electrons. The molecule has 0 amide bonds. The highest BCUT2D eigenvalue weighted by Crippen LogP contribution is 1.65. The van der Waals surface area contributed by atoms with Gasteiger partial charge in [-0.15, -0.1) is 0 Å². The quantitative estimate of drug-likeness (QED) is 0.431. The standard InChI is InChI=1S/C3H8O/c1-3(2)4/h3-4H,1-2H3/i1D3. The maximum absolute atomic E-state index is 8.33. The van der Waals surface area contributed by atoms with E-state index in [0.717, 1.165) is 0 Å². The summed E-state index contributed by atoms with van der Waals surface area (Å²) in [6.07, 6.45) is -1.20. The molecule has 1 heteroatoms. The Bertz CT molecular complexity index is 55.7. The summed E-state index contributed by atoms with van der Waals surface area (Å²) < 4.78 is 19.4. The first-order valence-electron chi connectivity index (χ1n) is 2.62. The maximum atomic E-state index is 8.33. The number of aliphatic hydroxyl groups excluding tert-OH is 1. The molecule has 0 aliphatic rings. The van der Waals surface area contributed by atoms with Crippen LogP contribution in [0.5, 0.6) is 0 Å². The van der Waals surface area contributed by atoms with Crippen LogP contribution in [0.25, 0.3) is 0 Å². The molecule has 0 aliphatic carbocycles. The zero-order valence-corrected chi connectivity index (χ0v) is 2.52. The summed E-state index contributed by atoms with van der Waals surface area (Å²) in [5.41, 5.74) is 0. The van der Waals surface area contributed by atoms with Crippen molar-refractivity contribution in [2.75, 3.05) is 0 Å². The van der Waals surface area contributed by atoms with E-state index < -0.39 is 13.0 Å². The van der Waals surface area contributed by atoms with Crippen molar-refractivity contribution in [2.45, 2.75) is 19.9 Å². The van der Waals surface area contributed by atoms with Crippen LogP contribution in [-0.4, -0.2) is 11.2 Å². The summed E-state index contributed by atoms with van der Waals surface area (Å²) in [6, 6.07) is 0. The lowest BCUT2D eigenvalue weighted by Gasteiger charge is -1.80. The van der Waals surface area contributed by atoms with Gasteiger partial charge in [-0.25, -0.2) is 0 Å². The van der Waals surface area contributed by atoms with Gasteiger partial charge in [0.15, 0.2) is 0 Å². The third-order valence-corrected chi connectivity index (χ3v) is 0. The van der Waals surface area contributed by atoms with Gasteiger partial charge in [-0.2, -0.15) is 0 Å². The van der Waals surface area contributed by atoms with Crippen LogP contribution in [0.4, 0.5) is 0 Å². The molecule has 4 heavy (non-hydrogen) atoms. The third-order valence-electron chi connectivity index (χ3n) is 0. The second kappa shape index (κ2) is 1.30. The van der Waals surface area contributed by atoms with Crippen molar-refractivity contribution in [1.29, 1.82) is 0 Å². The Balaban J connectivity index is 3.54. The van der Waals surface area contributed by atoms with Gasteiger partial charge < -0.3 is 5.11 Å². The number of aliphatic hydroxyl groups is 1. The van der Waals surface area contributed by atoms with E-state index in [9.17, 15) is 0 Å². The molecule has 0 saturated carbocycles. The minimum atomic E-state index is -2.19. The molecule has 0 aliphatic heterocycles. The van der Waals surface area contributed by atoms with Crippen molar-refractivity contribution in [3.63, 3.8) is 0 Å². The van der Waals surface area contributed by atoms with Gasteiger partial charge in [-0.3, -0.25) is 0 Å². The first-order valence-corrected chi connectivity index (χ1v) is 1.12. The Labute approximate surface area is 30.5 Å². The molecule has 0 aromatic carbocycles. The Kier molecular flexibility index (Phi) is 0.317. The van der Waals surface area contributed by atoms with Crippen LogP contribution in [-0.2, 0) is 0 Å². The number of rotatable bonds is 0. The lowest BCUT2D eigenvalue weighted by molar-refractivity contribution is 0.216. The van der Waals surface area contributed by atoms with Crippen LogP contribution in [0.2, 0.25) is 0 Å². The maximum Gasteiger partial charge on any atom is 0.0483 e. The molecule has 0 saturated heterocycles. The second-order valence-electron chi connectivity index (χ2n) is 0.676. The first-order chi connectivity index (χ1) is 2.94. The van der Waals surface area contributed by atoms with Crippen molar-refractivity contribution >= 4 is 0 Å². The van der Waals surface area contributed by atoms with Gasteiger partial charge in [0, 0.05) is 10.2 Å². The highest BCUT2D eigenvalue weighted by atomic mass is 16.3. The molecule has 0 bridgehead atoms. The van der Waals surface area contributed by atoms with Gasteiger partial charge in [-0.1, -0.05) is 0 Å². The molecule has 0 aromatic heterocycles. The monoisotopic (exact) mass is 63.1 g/mol. The first kappa shape index (κ1) is 0.977. The Morgan fingerprint density at radius 3 is 2.50 bits per heavy atom. The lowest BCUT2D eigenvalue weighted by Crippen LogP contribution is -1.85. The van der Waals surface area contributed by atoms with E-state index in [4.69, 9.17) is 9.22 Å². The number of hydrogen-bond acceptors (Lipinski definition) is 1. The summed E-state index contributed by atoms with van der Waals surface area (Å²) in [4.78, 5) is 0. The summed E-state index contributed by atoms with van der Waals surface area (Å²) in [7, 11) is 0. The fourth-order valence-electron chi connectivity index (χ4n) is 0. The normalized spacial score (nSPS) is 30.0. The van der Waals surface area contributed by atoms with Crippen LogP contribution in [0.15, 0.2) is 0 Å². The summed E-state index contributed by atoms with van der Waals surface area (Å²) in [6.45, 7) is -0.951. The van der Waals surface area contributed by atoms with Crippen LogP contribution in [0.3, 0.4) is 0 Å². The minimum absolute atomic E-state index is 1.20. The van der Waals surface area contributed by atoms with E-state index in [1.54, 1.807) is 0 Å². The topological polar surface area (TPSA) is 20.2 Å². The lowest BCUT2D eigenvalue weighted by atomic mass is 10.5. The predicted molar refractivity (Wildman–Crippen MR) is 17.4 cm³/mol. The molecule has 0 heterocycles. The molecule has 1 atom stereocenters. The molecule has 0 aromatic rings. The van der Waals surface area contributed by atoms with Gasteiger partial charge in [0.25, 0.3) is 0 Å². The highest BCUT2D eigenvalue weighted by Gasteiger charge is 1.69. The molecule has 1 nitrogen and oxygen atoms in total. The Hall–Kier alpha value is -0.0400. The zero-order valence-electron chi connectivity index (χ0n) is 5.52. The molecular weight excluding hydrogens is 52.0 g/mol. The van der Waals surface area contributed by atoms with Crippen molar-refractivity contribution in [2.24, 2.45) is 0 Å². The van der Waals surface area contributed by atoms with Gasteiger partial charge in [0.1, 0.15) is 0 Å². The average Bonchev–Trinajstić information content (AvgIpc) is 1.31. The predicted octanol–water partition coefficient (Wildman–Crippen LogP) is 0.387. The molecule has 0 spiro atoms. The van der Waals surface area contributed by atoms with Gasteiger partial charge in [0.05, 0.1) is 0 Å². The van der Waals surface area contributed by atoms with Gasteiger partial charge in [0.2, 0.25) is 0 Å². The van der Waals surface area contributed by atoms with Crippen LogP contribution in [0.1, 0.15) is 17.9 Å². The average molecular weight is 63.1 g/mol. The largest absolute Gasteiger partial charge is 0.394 e. The third kappa shape index (κ3) is 1130. The summed E-state index contributed by atoms with van der Waals surface area (Å²) >= 11 is 0. The summed E-state index contributed by atoms with van der Waals surface area (Å²) in [5.74, 6) is 0. The van der Waals surface area contributed by atoms with Gasteiger partial charge >= 0.3 is 0 Å². The fraction of sp³-hybridized carbons (Fsp3) is 1.00. The highest BCUT2D eigenvalue weighted by molar-refractivity contribution is 4.20. The summed E-state index contributed by atoms with van der Waals surface area (Å²) in [5, 5.41) is 8.33. The smallest absolute Gasteiger partial charge is 0.0483 e. The van der Waals surface area contributed by atoms with Crippen molar-refractivity contribution < 1.29 is 9.22 Å².